The lowest BCUT2D eigenvalue weighted by molar-refractivity contribution is -0.189. The van der Waals surface area contributed by atoms with Crippen LogP contribution in [-0.2, 0) is 4.79 Å². The molecule has 0 aliphatic carbocycles. The van der Waals surface area contributed by atoms with Gasteiger partial charge in [0.05, 0.1) is 10.0 Å². The maximum Gasteiger partial charge on any atom is 0.491 e. The molecule has 0 unspecified atom stereocenters. The van der Waals surface area contributed by atoms with Gasteiger partial charge >= 0.3 is 12.1 Å². The first kappa shape index (κ1) is 12.1. The number of benzene rings is 1. The highest BCUT2D eigenvalue weighted by Crippen LogP contribution is 2.27. The number of hydrogen-bond donors (Lipinski definition) is 0. The van der Waals surface area contributed by atoms with E-state index in [-0.39, 0.29) is 15.8 Å². The van der Waals surface area contributed by atoms with E-state index in [0.717, 1.165) is 12.1 Å². The van der Waals surface area contributed by atoms with E-state index in [4.69, 9.17) is 23.2 Å². The lowest BCUT2D eigenvalue weighted by Gasteiger charge is -2.07. The van der Waals surface area contributed by atoms with Gasteiger partial charge in [0.1, 0.15) is 5.75 Å². The molecule has 0 atom stereocenters. The monoisotopic (exact) mass is 258 g/mol. The summed E-state index contributed by atoms with van der Waals surface area (Å²) in [5.41, 5.74) is 0. The number of hydrogen-bond acceptors (Lipinski definition) is 2. The van der Waals surface area contributed by atoms with Gasteiger partial charge in [-0.25, -0.2) is 4.79 Å². The highest BCUT2D eigenvalue weighted by Gasteiger charge is 2.41. The van der Waals surface area contributed by atoms with Gasteiger partial charge in [0, 0.05) is 6.07 Å². The number of halogens is 5. The van der Waals surface area contributed by atoms with E-state index in [1.54, 1.807) is 0 Å². The van der Waals surface area contributed by atoms with Crippen LogP contribution in [-0.4, -0.2) is 12.1 Å². The van der Waals surface area contributed by atoms with E-state index in [1.807, 2.05) is 0 Å². The molecule has 0 saturated carbocycles. The van der Waals surface area contributed by atoms with Gasteiger partial charge in [-0.2, -0.15) is 13.2 Å². The van der Waals surface area contributed by atoms with Crippen LogP contribution in [0.15, 0.2) is 18.2 Å². The second kappa shape index (κ2) is 4.28. The van der Waals surface area contributed by atoms with E-state index < -0.39 is 12.1 Å². The topological polar surface area (TPSA) is 26.3 Å². The fourth-order valence-corrected chi connectivity index (χ4v) is 0.993. The van der Waals surface area contributed by atoms with Crippen molar-refractivity contribution < 1.29 is 22.7 Å². The van der Waals surface area contributed by atoms with Crippen LogP contribution in [0.25, 0.3) is 0 Å². The van der Waals surface area contributed by atoms with Crippen LogP contribution in [0.2, 0.25) is 10.0 Å². The lowest BCUT2D eigenvalue weighted by atomic mass is 10.3. The van der Waals surface area contributed by atoms with Gasteiger partial charge < -0.3 is 4.74 Å². The maximum absolute atomic E-state index is 11.8. The van der Waals surface area contributed by atoms with Crippen LogP contribution in [0.1, 0.15) is 0 Å². The summed E-state index contributed by atoms with van der Waals surface area (Å²) in [7, 11) is 0. The van der Waals surface area contributed by atoms with E-state index >= 15 is 0 Å². The first-order valence-corrected chi connectivity index (χ1v) is 4.30. The van der Waals surface area contributed by atoms with Crippen molar-refractivity contribution >= 4 is 29.2 Å². The van der Waals surface area contributed by atoms with Crippen molar-refractivity contribution in [2.45, 2.75) is 6.18 Å². The Balaban J connectivity index is 2.83. The molecule has 0 aliphatic rings. The Bertz CT molecular complexity index is 390. The third-order valence-electron chi connectivity index (χ3n) is 1.33. The van der Waals surface area contributed by atoms with Crippen molar-refractivity contribution in [1.29, 1.82) is 0 Å². The second-order valence-corrected chi connectivity index (χ2v) is 3.28. The fourth-order valence-electron chi connectivity index (χ4n) is 0.705. The van der Waals surface area contributed by atoms with Gasteiger partial charge in [0.15, 0.2) is 0 Å². The molecule has 0 bridgehead atoms. The zero-order chi connectivity index (χ0) is 11.6. The Hall–Kier alpha value is -0.940. The lowest BCUT2D eigenvalue weighted by Crippen LogP contribution is -2.27. The van der Waals surface area contributed by atoms with Gasteiger partial charge in [-0.15, -0.1) is 0 Å². The Morgan fingerprint density at radius 2 is 1.80 bits per heavy atom. The SMILES string of the molecule is O=C(Oc1ccc(Cl)c(Cl)c1)C(F)(F)F. The van der Waals surface area contributed by atoms with Crippen molar-refractivity contribution in [3.05, 3.63) is 28.2 Å². The molecule has 0 N–H and O–H groups in total. The van der Waals surface area contributed by atoms with Crippen LogP contribution >= 0.6 is 23.2 Å². The van der Waals surface area contributed by atoms with Gasteiger partial charge in [-0.05, 0) is 12.1 Å². The summed E-state index contributed by atoms with van der Waals surface area (Å²) < 4.78 is 39.4. The van der Waals surface area contributed by atoms with Crippen LogP contribution in [0.4, 0.5) is 13.2 Å². The molecule has 0 saturated heterocycles. The molecule has 0 aromatic heterocycles. The van der Waals surface area contributed by atoms with Crippen molar-refractivity contribution in [3.8, 4) is 5.75 Å². The zero-order valence-electron chi connectivity index (χ0n) is 6.94. The highest BCUT2D eigenvalue weighted by atomic mass is 35.5. The summed E-state index contributed by atoms with van der Waals surface area (Å²) in [6.45, 7) is 0. The Morgan fingerprint density at radius 3 is 2.27 bits per heavy atom. The van der Waals surface area contributed by atoms with E-state index in [9.17, 15) is 18.0 Å². The average Bonchev–Trinajstić information content (AvgIpc) is 2.10. The second-order valence-electron chi connectivity index (χ2n) is 2.46. The summed E-state index contributed by atoms with van der Waals surface area (Å²) in [5, 5.41) is 0.160. The highest BCUT2D eigenvalue weighted by molar-refractivity contribution is 6.42. The van der Waals surface area contributed by atoms with Crippen molar-refractivity contribution in [1.82, 2.24) is 0 Å². The predicted octanol–water partition coefficient (Wildman–Crippen LogP) is 3.46. The molecule has 0 spiro atoms. The standard InChI is InChI=1S/C8H3Cl2F3O2/c9-5-2-1-4(3-6(5)10)15-7(14)8(11,12)13/h1-3H. The van der Waals surface area contributed by atoms with E-state index in [1.165, 1.54) is 6.07 Å². The van der Waals surface area contributed by atoms with Crippen molar-refractivity contribution in [2.75, 3.05) is 0 Å². The van der Waals surface area contributed by atoms with Crippen LogP contribution < -0.4 is 4.74 Å². The molecule has 0 amide bonds. The van der Waals surface area contributed by atoms with E-state index in [2.05, 4.69) is 4.74 Å². The molecule has 1 aromatic rings. The molecule has 1 rings (SSSR count). The minimum absolute atomic E-state index is 0.00383. The number of carbonyl (C=O) groups is 1. The fraction of sp³-hybridized carbons (Fsp3) is 0.125. The zero-order valence-corrected chi connectivity index (χ0v) is 8.45. The summed E-state index contributed by atoms with van der Waals surface area (Å²) in [4.78, 5) is 10.4. The molecule has 0 fully saturated rings. The maximum atomic E-state index is 11.8. The molecular weight excluding hydrogens is 256 g/mol. The summed E-state index contributed by atoms with van der Waals surface area (Å²) in [5.74, 6) is -2.62. The molecule has 1 aromatic carbocycles. The largest absolute Gasteiger partial charge is 0.491 e. The van der Waals surface area contributed by atoms with Crippen molar-refractivity contribution in [3.63, 3.8) is 0 Å². The predicted molar refractivity (Wildman–Crippen MR) is 48.2 cm³/mol. The summed E-state index contributed by atoms with van der Waals surface area (Å²) in [6.07, 6.45) is -5.04. The van der Waals surface area contributed by atoms with E-state index in [0.29, 0.717) is 0 Å². The Morgan fingerprint density at radius 1 is 1.20 bits per heavy atom. The number of esters is 1. The van der Waals surface area contributed by atoms with Gasteiger partial charge in [-0.1, -0.05) is 23.2 Å². The molecule has 0 heterocycles. The molecule has 7 heteroatoms. The quantitative estimate of drug-likeness (QED) is 0.570. The van der Waals surface area contributed by atoms with Crippen LogP contribution in [0.3, 0.4) is 0 Å². The molecule has 0 radical (unpaired) electrons. The Kier molecular flexibility index (Phi) is 3.46. The number of ether oxygens (including phenoxy) is 1. The molecule has 82 valence electrons. The average molecular weight is 259 g/mol. The smallest absolute Gasteiger partial charge is 0.420 e. The van der Waals surface area contributed by atoms with Crippen LogP contribution in [0.5, 0.6) is 5.75 Å². The summed E-state index contributed by atoms with van der Waals surface area (Å²) >= 11 is 11.0. The first-order valence-electron chi connectivity index (χ1n) is 3.55. The van der Waals surface area contributed by atoms with Crippen molar-refractivity contribution in [2.24, 2.45) is 0 Å². The molecule has 15 heavy (non-hydrogen) atoms. The van der Waals surface area contributed by atoms with Gasteiger partial charge in [0.2, 0.25) is 0 Å². The normalized spacial score (nSPS) is 11.3. The van der Waals surface area contributed by atoms with Crippen LogP contribution in [0, 0.1) is 0 Å². The minimum Gasteiger partial charge on any atom is -0.420 e. The third kappa shape index (κ3) is 3.28. The number of carbonyl (C=O) groups excluding carboxylic acids is 1. The first-order chi connectivity index (χ1) is 6.80. The molecule has 2 nitrogen and oxygen atoms in total. The minimum atomic E-state index is -5.04. The third-order valence-corrected chi connectivity index (χ3v) is 2.07. The number of rotatable bonds is 1. The molecule has 0 aliphatic heterocycles. The summed E-state index contributed by atoms with van der Waals surface area (Å²) in [6, 6.07) is 3.36. The Labute approximate surface area is 92.5 Å². The number of alkyl halides is 3. The molecular formula is C8H3Cl2F3O2. The van der Waals surface area contributed by atoms with Gasteiger partial charge in [0.25, 0.3) is 0 Å². The van der Waals surface area contributed by atoms with Gasteiger partial charge in [-0.3, -0.25) is 0 Å².